The van der Waals surface area contributed by atoms with Crippen LogP contribution in [0.5, 0.6) is 0 Å². The second-order valence-electron chi connectivity index (χ2n) is 6.66. The number of ether oxygens (including phenoxy) is 1. The quantitative estimate of drug-likeness (QED) is 0.829. The number of carbonyl (C=O) groups is 1. The number of carbonyl (C=O) groups excluding carboxylic acids is 1. The molecule has 1 saturated heterocycles. The Bertz CT molecular complexity index is 481. The van der Waals surface area contributed by atoms with Gasteiger partial charge >= 0.3 is 6.09 Å². The summed E-state index contributed by atoms with van der Waals surface area (Å²) in [6.07, 6.45) is 4.12. The predicted molar refractivity (Wildman–Crippen MR) is 89.5 cm³/mol. The Hall–Kier alpha value is -1.89. The Labute approximate surface area is 138 Å². The van der Waals surface area contributed by atoms with Gasteiger partial charge in [0.05, 0.1) is 0 Å². The highest BCUT2D eigenvalue weighted by Crippen LogP contribution is 2.10. The van der Waals surface area contributed by atoms with Gasteiger partial charge in [0, 0.05) is 45.1 Å². The molecule has 1 aromatic heterocycles. The number of nitrogens with zero attached hydrogens (tertiary/aromatic N) is 4. The Morgan fingerprint density at radius 3 is 2.48 bits per heavy atom. The zero-order chi connectivity index (χ0) is 16.7. The van der Waals surface area contributed by atoms with Crippen LogP contribution in [0.3, 0.4) is 0 Å². The van der Waals surface area contributed by atoms with E-state index in [0.29, 0.717) is 6.54 Å². The van der Waals surface area contributed by atoms with Crippen molar-refractivity contribution in [2.24, 2.45) is 0 Å². The Morgan fingerprint density at radius 1 is 1.22 bits per heavy atom. The summed E-state index contributed by atoms with van der Waals surface area (Å²) in [4.78, 5) is 24.7. The van der Waals surface area contributed by atoms with E-state index in [1.54, 1.807) is 12.4 Å². The van der Waals surface area contributed by atoms with Gasteiger partial charge in [-0.3, -0.25) is 4.90 Å². The highest BCUT2D eigenvalue weighted by Gasteiger charge is 2.19. The fourth-order valence-corrected chi connectivity index (χ4v) is 2.43. The Morgan fingerprint density at radius 2 is 1.87 bits per heavy atom. The first-order valence-electron chi connectivity index (χ1n) is 8.15. The summed E-state index contributed by atoms with van der Waals surface area (Å²) in [6.45, 7) is 11.0. The van der Waals surface area contributed by atoms with Crippen molar-refractivity contribution in [3.63, 3.8) is 0 Å². The number of anilines is 1. The largest absolute Gasteiger partial charge is 0.444 e. The van der Waals surface area contributed by atoms with E-state index >= 15 is 0 Å². The number of hydrogen-bond donors (Lipinski definition) is 1. The van der Waals surface area contributed by atoms with Gasteiger partial charge in [-0.05, 0) is 39.8 Å². The van der Waals surface area contributed by atoms with Crippen LogP contribution in [0.25, 0.3) is 0 Å². The Kier molecular flexibility index (Phi) is 6.15. The number of rotatable bonds is 5. The molecule has 7 heteroatoms. The van der Waals surface area contributed by atoms with E-state index in [-0.39, 0.29) is 6.09 Å². The molecule has 7 nitrogen and oxygen atoms in total. The minimum atomic E-state index is -0.445. The van der Waals surface area contributed by atoms with Crippen LogP contribution in [0.1, 0.15) is 27.2 Å². The molecule has 23 heavy (non-hydrogen) atoms. The molecule has 1 N–H and O–H groups in total. The molecule has 0 bridgehead atoms. The fraction of sp³-hybridized carbons (Fsp3) is 0.688. The van der Waals surface area contributed by atoms with Crippen LogP contribution in [0.4, 0.5) is 10.7 Å². The van der Waals surface area contributed by atoms with Crippen LogP contribution in [0.15, 0.2) is 18.5 Å². The molecule has 0 aromatic carbocycles. The fourth-order valence-electron chi connectivity index (χ4n) is 2.43. The molecular weight excluding hydrogens is 294 g/mol. The SMILES string of the molecule is CC(C)(C)OC(=O)NCCCN1CCN(c2ncccn2)CC1. The van der Waals surface area contributed by atoms with E-state index < -0.39 is 5.60 Å². The molecule has 128 valence electrons. The molecule has 0 unspecified atom stereocenters. The van der Waals surface area contributed by atoms with E-state index in [1.807, 2.05) is 26.8 Å². The molecule has 1 fully saturated rings. The first kappa shape index (κ1) is 17.5. The van der Waals surface area contributed by atoms with E-state index in [9.17, 15) is 4.79 Å². The molecule has 1 aliphatic heterocycles. The highest BCUT2D eigenvalue weighted by molar-refractivity contribution is 5.67. The van der Waals surface area contributed by atoms with Crippen LogP contribution in [-0.2, 0) is 4.74 Å². The van der Waals surface area contributed by atoms with Crippen molar-refractivity contribution >= 4 is 12.0 Å². The van der Waals surface area contributed by atoms with Crippen molar-refractivity contribution in [1.29, 1.82) is 0 Å². The number of aromatic nitrogens is 2. The van der Waals surface area contributed by atoms with Crippen molar-refractivity contribution in [3.8, 4) is 0 Å². The Balaban J connectivity index is 1.59. The molecule has 1 aliphatic rings. The summed E-state index contributed by atoms with van der Waals surface area (Å²) >= 11 is 0. The third-order valence-corrected chi connectivity index (χ3v) is 3.53. The standard InChI is InChI=1S/C16H27N5O2/c1-16(2,3)23-15(22)19-8-5-9-20-10-12-21(13-11-20)14-17-6-4-7-18-14/h4,6-7H,5,8-13H2,1-3H3,(H,19,22). The second kappa shape index (κ2) is 8.10. The number of nitrogens with one attached hydrogen (secondary N) is 1. The minimum Gasteiger partial charge on any atom is -0.444 e. The molecule has 0 aliphatic carbocycles. The lowest BCUT2D eigenvalue weighted by Gasteiger charge is -2.34. The van der Waals surface area contributed by atoms with Gasteiger partial charge in [0.25, 0.3) is 0 Å². The summed E-state index contributed by atoms with van der Waals surface area (Å²) in [5, 5.41) is 2.80. The second-order valence-corrected chi connectivity index (χ2v) is 6.66. The van der Waals surface area contributed by atoms with Crippen LogP contribution in [0.2, 0.25) is 0 Å². The smallest absolute Gasteiger partial charge is 0.407 e. The molecule has 0 atom stereocenters. The third-order valence-electron chi connectivity index (χ3n) is 3.53. The maximum Gasteiger partial charge on any atom is 0.407 e. The van der Waals surface area contributed by atoms with E-state index in [0.717, 1.165) is 45.1 Å². The van der Waals surface area contributed by atoms with Gasteiger partial charge in [-0.2, -0.15) is 0 Å². The lowest BCUT2D eigenvalue weighted by atomic mass is 10.2. The molecule has 2 heterocycles. The average molecular weight is 321 g/mol. The van der Waals surface area contributed by atoms with Gasteiger partial charge in [-0.1, -0.05) is 0 Å². The molecule has 0 saturated carbocycles. The number of alkyl carbamates (subject to hydrolysis) is 1. The van der Waals surface area contributed by atoms with E-state index in [2.05, 4.69) is 25.1 Å². The minimum absolute atomic E-state index is 0.344. The first-order valence-corrected chi connectivity index (χ1v) is 8.15. The summed E-state index contributed by atoms with van der Waals surface area (Å²) in [5.41, 5.74) is -0.445. The van der Waals surface area contributed by atoms with Gasteiger partial charge in [0.15, 0.2) is 0 Å². The van der Waals surface area contributed by atoms with E-state index in [1.165, 1.54) is 0 Å². The van der Waals surface area contributed by atoms with Crippen LogP contribution < -0.4 is 10.2 Å². The summed E-state index contributed by atoms with van der Waals surface area (Å²) in [5.74, 6) is 0.804. The maximum absolute atomic E-state index is 11.5. The maximum atomic E-state index is 11.5. The van der Waals surface area contributed by atoms with Crippen molar-refractivity contribution in [3.05, 3.63) is 18.5 Å². The number of amides is 1. The lowest BCUT2D eigenvalue weighted by Crippen LogP contribution is -2.47. The lowest BCUT2D eigenvalue weighted by molar-refractivity contribution is 0.0525. The monoisotopic (exact) mass is 321 g/mol. The first-order chi connectivity index (χ1) is 10.9. The molecular formula is C16H27N5O2. The number of piperazine rings is 1. The van der Waals surface area contributed by atoms with Gasteiger partial charge in [0.1, 0.15) is 5.60 Å². The predicted octanol–water partition coefficient (Wildman–Crippen LogP) is 1.51. The van der Waals surface area contributed by atoms with Crippen LogP contribution in [-0.4, -0.2) is 65.8 Å². The van der Waals surface area contributed by atoms with Gasteiger partial charge in [-0.25, -0.2) is 14.8 Å². The van der Waals surface area contributed by atoms with Gasteiger partial charge < -0.3 is 15.0 Å². The molecule has 1 amide bonds. The molecule has 0 radical (unpaired) electrons. The van der Waals surface area contributed by atoms with Crippen molar-refractivity contribution in [2.75, 3.05) is 44.2 Å². The average Bonchev–Trinajstić information content (AvgIpc) is 2.51. The topological polar surface area (TPSA) is 70.6 Å². The summed E-state index contributed by atoms with van der Waals surface area (Å²) in [7, 11) is 0. The summed E-state index contributed by atoms with van der Waals surface area (Å²) < 4.78 is 5.21. The molecule has 0 spiro atoms. The van der Waals surface area contributed by atoms with Crippen molar-refractivity contribution < 1.29 is 9.53 Å². The highest BCUT2D eigenvalue weighted by atomic mass is 16.6. The van der Waals surface area contributed by atoms with Gasteiger partial charge in [-0.15, -0.1) is 0 Å². The van der Waals surface area contributed by atoms with Crippen LogP contribution in [0, 0.1) is 0 Å². The molecule has 2 rings (SSSR count). The zero-order valence-corrected chi connectivity index (χ0v) is 14.3. The summed E-state index contributed by atoms with van der Waals surface area (Å²) in [6, 6.07) is 1.83. The number of hydrogen-bond acceptors (Lipinski definition) is 6. The third kappa shape index (κ3) is 6.40. The van der Waals surface area contributed by atoms with Crippen molar-refractivity contribution in [2.45, 2.75) is 32.8 Å². The normalized spacial score (nSPS) is 16.2. The van der Waals surface area contributed by atoms with E-state index in [4.69, 9.17) is 4.74 Å². The van der Waals surface area contributed by atoms with Crippen LogP contribution >= 0.6 is 0 Å². The molecule has 1 aromatic rings. The van der Waals surface area contributed by atoms with Gasteiger partial charge in [0.2, 0.25) is 5.95 Å². The zero-order valence-electron chi connectivity index (χ0n) is 14.3. The van der Waals surface area contributed by atoms with Crippen molar-refractivity contribution in [1.82, 2.24) is 20.2 Å².